The second-order valence-corrected chi connectivity index (χ2v) is 4.95. The largest absolute Gasteiger partial charge is 0.508 e. The van der Waals surface area contributed by atoms with Gasteiger partial charge in [-0.05, 0) is 36.2 Å². The normalized spacial score (nSPS) is 10.3. The van der Waals surface area contributed by atoms with E-state index in [1.54, 1.807) is 23.1 Å². The fourth-order valence-corrected chi connectivity index (χ4v) is 2.21. The maximum absolute atomic E-state index is 12.4. The third-order valence-corrected chi connectivity index (χ3v) is 3.42. The molecule has 0 heterocycles. The van der Waals surface area contributed by atoms with Crippen molar-refractivity contribution in [1.29, 1.82) is 0 Å². The number of aromatic hydroxyl groups is 1. The zero-order valence-electron chi connectivity index (χ0n) is 12.1. The molecule has 21 heavy (non-hydrogen) atoms. The van der Waals surface area contributed by atoms with Crippen LogP contribution in [0, 0.1) is 0 Å². The molecule has 1 amide bonds. The van der Waals surface area contributed by atoms with Crippen LogP contribution in [0.2, 0.25) is 0 Å². The zero-order valence-corrected chi connectivity index (χ0v) is 12.1. The minimum atomic E-state index is 0.0198. The molecule has 0 aliphatic rings. The Labute approximate surface area is 124 Å². The molecule has 4 heteroatoms. The van der Waals surface area contributed by atoms with E-state index in [4.69, 9.17) is 5.73 Å². The van der Waals surface area contributed by atoms with Gasteiger partial charge in [-0.3, -0.25) is 4.79 Å². The first-order valence-corrected chi connectivity index (χ1v) is 6.99. The predicted octanol–water partition coefficient (Wildman–Crippen LogP) is 2.57. The number of likely N-dealkylation sites (N-methyl/N-ethyl adjacent to an activating group) is 1. The number of phenolic OH excluding ortho intramolecular Hbond substituents is 1. The SMILES string of the molecule is CCN(Cc1ccccc1N)C(=O)Cc1cccc(O)c1. The molecule has 0 spiro atoms. The minimum absolute atomic E-state index is 0.0198. The Morgan fingerprint density at radius 1 is 1.19 bits per heavy atom. The number of nitrogen functional groups attached to an aromatic ring is 1. The number of rotatable bonds is 5. The lowest BCUT2D eigenvalue weighted by molar-refractivity contribution is -0.130. The van der Waals surface area contributed by atoms with Crippen molar-refractivity contribution in [3.8, 4) is 5.75 Å². The van der Waals surface area contributed by atoms with Crippen LogP contribution in [0.5, 0.6) is 5.75 Å². The Hall–Kier alpha value is -2.49. The quantitative estimate of drug-likeness (QED) is 0.829. The molecule has 0 radical (unpaired) electrons. The number of carbonyl (C=O) groups is 1. The van der Waals surface area contributed by atoms with E-state index in [-0.39, 0.29) is 18.1 Å². The van der Waals surface area contributed by atoms with E-state index in [0.717, 1.165) is 11.1 Å². The summed E-state index contributed by atoms with van der Waals surface area (Å²) in [6.45, 7) is 3.06. The standard InChI is InChI=1S/C17H20N2O2/c1-2-19(12-14-7-3-4-9-16(14)18)17(21)11-13-6-5-8-15(20)10-13/h3-10,20H,2,11-12,18H2,1H3. The first-order chi connectivity index (χ1) is 10.1. The smallest absolute Gasteiger partial charge is 0.227 e. The molecule has 2 aromatic rings. The van der Waals surface area contributed by atoms with Gasteiger partial charge in [-0.2, -0.15) is 0 Å². The van der Waals surface area contributed by atoms with Gasteiger partial charge in [0.25, 0.3) is 0 Å². The van der Waals surface area contributed by atoms with Gasteiger partial charge in [0, 0.05) is 18.8 Å². The lowest BCUT2D eigenvalue weighted by Crippen LogP contribution is -2.31. The fraction of sp³-hybridized carbons (Fsp3) is 0.235. The highest BCUT2D eigenvalue weighted by atomic mass is 16.3. The van der Waals surface area contributed by atoms with Crippen molar-refractivity contribution in [3.05, 3.63) is 59.7 Å². The van der Waals surface area contributed by atoms with E-state index in [1.165, 1.54) is 0 Å². The van der Waals surface area contributed by atoms with E-state index in [9.17, 15) is 9.90 Å². The van der Waals surface area contributed by atoms with Gasteiger partial charge in [0.15, 0.2) is 0 Å². The van der Waals surface area contributed by atoms with Gasteiger partial charge in [-0.25, -0.2) is 0 Å². The molecule has 2 aromatic carbocycles. The Morgan fingerprint density at radius 3 is 2.62 bits per heavy atom. The molecular weight excluding hydrogens is 264 g/mol. The van der Waals surface area contributed by atoms with Crippen LogP contribution in [-0.4, -0.2) is 22.5 Å². The van der Waals surface area contributed by atoms with Crippen molar-refractivity contribution in [3.63, 3.8) is 0 Å². The van der Waals surface area contributed by atoms with E-state index < -0.39 is 0 Å². The molecule has 3 N–H and O–H groups in total. The molecule has 0 fully saturated rings. The molecule has 0 aliphatic carbocycles. The van der Waals surface area contributed by atoms with E-state index in [1.807, 2.05) is 37.3 Å². The summed E-state index contributed by atoms with van der Waals surface area (Å²) in [6.07, 6.45) is 0.273. The molecule has 0 atom stereocenters. The maximum atomic E-state index is 12.4. The predicted molar refractivity (Wildman–Crippen MR) is 83.8 cm³/mol. The summed E-state index contributed by atoms with van der Waals surface area (Å²) >= 11 is 0. The second kappa shape index (κ2) is 6.79. The first-order valence-electron chi connectivity index (χ1n) is 6.99. The van der Waals surface area contributed by atoms with Gasteiger partial charge in [-0.1, -0.05) is 30.3 Å². The third kappa shape index (κ3) is 3.99. The topological polar surface area (TPSA) is 66.6 Å². The average molecular weight is 284 g/mol. The van der Waals surface area contributed by atoms with Crippen molar-refractivity contribution in [2.24, 2.45) is 0 Å². The lowest BCUT2D eigenvalue weighted by atomic mass is 10.1. The van der Waals surface area contributed by atoms with Crippen LogP contribution < -0.4 is 5.73 Å². The van der Waals surface area contributed by atoms with Gasteiger partial charge in [0.05, 0.1) is 6.42 Å². The maximum Gasteiger partial charge on any atom is 0.227 e. The highest BCUT2D eigenvalue weighted by molar-refractivity contribution is 5.79. The molecule has 0 bridgehead atoms. The zero-order chi connectivity index (χ0) is 15.2. The van der Waals surface area contributed by atoms with Gasteiger partial charge in [0.1, 0.15) is 5.75 Å². The van der Waals surface area contributed by atoms with Crippen molar-refractivity contribution in [1.82, 2.24) is 4.90 Å². The lowest BCUT2D eigenvalue weighted by Gasteiger charge is -2.22. The van der Waals surface area contributed by atoms with Crippen LogP contribution in [0.15, 0.2) is 48.5 Å². The number of nitrogens with two attached hydrogens (primary N) is 1. The molecule has 4 nitrogen and oxygen atoms in total. The highest BCUT2D eigenvalue weighted by Crippen LogP contribution is 2.16. The van der Waals surface area contributed by atoms with Crippen LogP contribution in [0.3, 0.4) is 0 Å². The van der Waals surface area contributed by atoms with Crippen LogP contribution >= 0.6 is 0 Å². The Morgan fingerprint density at radius 2 is 1.95 bits per heavy atom. The van der Waals surface area contributed by atoms with Crippen molar-refractivity contribution >= 4 is 11.6 Å². The number of hydrogen-bond donors (Lipinski definition) is 2. The van der Waals surface area contributed by atoms with Crippen molar-refractivity contribution < 1.29 is 9.90 Å². The Balaban J connectivity index is 2.07. The number of carbonyl (C=O) groups excluding carboxylic acids is 1. The number of phenols is 1. The average Bonchev–Trinajstić information content (AvgIpc) is 2.46. The van der Waals surface area contributed by atoms with E-state index in [2.05, 4.69) is 0 Å². The number of hydrogen-bond acceptors (Lipinski definition) is 3. The molecule has 0 aliphatic heterocycles. The summed E-state index contributed by atoms with van der Waals surface area (Å²) in [4.78, 5) is 14.1. The number of benzene rings is 2. The molecular formula is C17H20N2O2. The summed E-state index contributed by atoms with van der Waals surface area (Å²) in [5.74, 6) is 0.196. The van der Waals surface area contributed by atoms with Crippen molar-refractivity contribution in [2.45, 2.75) is 19.9 Å². The number of anilines is 1. The van der Waals surface area contributed by atoms with E-state index >= 15 is 0 Å². The molecule has 0 saturated carbocycles. The highest BCUT2D eigenvalue weighted by Gasteiger charge is 2.14. The van der Waals surface area contributed by atoms with Gasteiger partial charge in [-0.15, -0.1) is 0 Å². The molecule has 0 aromatic heterocycles. The first kappa shape index (κ1) is 14.9. The summed E-state index contributed by atoms with van der Waals surface area (Å²) in [6, 6.07) is 14.3. The summed E-state index contributed by atoms with van der Waals surface area (Å²) in [5.41, 5.74) is 8.37. The number of para-hydroxylation sites is 1. The summed E-state index contributed by atoms with van der Waals surface area (Å²) in [7, 11) is 0. The fourth-order valence-electron chi connectivity index (χ4n) is 2.21. The summed E-state index contributed by atoms with van der Waals surface area (Å²) in [5, 5.41) is 9.45. The van der Waals surface area contributed by atoms with Crippen LogP contribution in [-0.2, 0) is 17.8 Å². The molecule has 110 valence electrons. The second-order valence-electron chi connectivity index (χ2n) is 4.95. The monoisotopic (exact) mass is 284 g/mol. The van der Waals surface area contributed by atoms with Crippen LogP contribution in [0.4, 0.5) is 5.69 Å². The minimum Gasteiger partial charge on any atom is -0.508 e. The van der Waals surface area contributed by atoms with Gasteiger partial charge < -0.3 is 15.7 Å². The third-order valence-electron chi connectivity index (χ3n) is 3.42. The molecule has 0 unspecified atom stereocenters. The van der Waals surface area contributed by atoms with Crippen molar-refractivity contribution in [2.75, 3.05) is 12.3 Å². The number of nitrogens with zero attached hydrogens (tertiary/aromatic N) is 1. The molecule has 0 saturated heterocycles. The van der Waals surface area contributed by atoms with Crippen LogP contribution in [0.1, 0.15) is 18.1 Å². The van der Waals surface area contributed by atoms with Gasteiger partial charge in [0.2, 0.25) is 5.91 Å². The Bertz CT molecular complexity index is 626. The van der Waals surface area contributed by atoms with E-state index in [0.29, 0.717) is 18.8 Å². The van der Waals surface area contributed by atoms with Gasteiger partial charge >= 0.3 is 0 Å². The molecule has 2 rings (SSSR count). The Kier molecular flexibility index (Phi) is 4.82. The van der Waals surface area contributed by atoms with Crippen LogP contribution in [0.25, 0.3) is 0 Å². The number of amides is 1. The summed E-state index contributed by atoms with van der Waals surface area (Å²) < 4.78 is 0.